The van der Waals surface area contributed by atoms with Crippen LogP contribution in [0.4, 0.5) is 4.39 Å². The topological polar surface area (TPSA) is 73.2 Å². The summed E-state index contributed by atoms with van der Waals surface area (Å²) in [6.07, 6.45) is 3.00. The summed E-state index contributed by atoms with van der Waals surface area (Å²) in [5, 5.41) is 8.92. The van der Waals surface area contributed by atoms with E-state index in [9.17, 15) is 14.0 Å². The molecular weight excluding hydrogens is 429 g/mol. The highest BCUT2D eigenvalue weighted by Crippen LogP contribution is 2.26. The molecule has 0 radical (unpaired) electrons. The van der Waals surface area contributed by atoms with Gasteiger partial charge in [0.1, 0.15) is 5.82 Å². The van der Waals surface area contributed by atoms with Crippen molar-refractivity contribution >= 4 is 23.2 Å². The summed E-state index contributed by atoms with van der Waals surface area (Å²) >= 11 is 1.47. The van der Waals surface area contributed by atoms with E-state index in [-0.39, 0.29) is 11.4 Å². The number of nitrogens with one attached hydrogen (secondary N) is 1. The van der Waals surface area contributed by atoms with Gasteiger partial charge in [-0.15, -0.1) is 11.3 Å². The Kier molecular flexibility index (Phi) is 6.72. The van der Waals surface area contributed by atoms with Crippen molar-refractivity contribution < 1.29 is 18.7 Å². The number of rotatable bonds is 8. The molecule has 4 aromatic rings. The number of halogens is 1. The number of amides is 1. The van der Waals surface area contributed by atoms with Gasteiger partial charge in [0.05, 0.1) is 24.3 Å². The fraction of sp³-hybridized carbons (Fsp3) is 0.125. The van der Waals surface area contributed by atoms with E-state index in [0.717, 1.165) is 16.0 Å². The first-order valence-electron chi connectivity index (χ1n) is 9.90. The highest BCUT2D eigenvalue weighted by atomic mass is 32.1. The molecule has 0 aliphatic carbocycles. The Hall–Kier alpha value is -3.78. The summed E-state index contributed by atoms with van der Waals surface area (Å²) in [5.74, 6) is -1.45. The van der Waals surface area contributed by atoms with Gasteiger partial charge in [-0.25, -0.2) is 9.18 Å². The molecule has 1 atom stereocenters. The van der Waals surface area contributed by atoms with Crippen molar-refractivity contribution in [1.29, 1.82) is 0 Å². The average Bonchev–Trinajstić information content (AvgIpc) is 3.50. The zero-order valence-corrected chi connectivity index (χ0v) is 17.8. The molecule has 1 N–H and O–H groups in total. The molecule has 0 saturated heterocycles. The van der Waals surface area contributed by atoms with Crippen LogP contribution in [0.5, 0.6) is 0 Å². The molecule has 0 saturated carbocycles. The SMILES string of the molecule is O=C(COC(=O)c1cnn(Cc2ccccc2)c1)NC(c1ccc(F)cc1)c1cccs1. The standard InChI is InChI=1S/C24H20FN3O3S/c25-20-10-8-18(9-11-20)23(21-7-4-12-32-21)27-22(29)16-31-24(30)19-13-26-28(15-19)14-17-5-2-1-3-6-17/h1-13,15,23H,14,16H2,(H,27,29). The van der Waals surface area contributed by atoms with Crippen molar-refractivity contribution in [2.24, 2.45) is 0 Å². The third kappa shape index (κ3) is 5.47. The Morgan fingerprint density at radius 3 is 2.56 bits per heavy atom. The number of thiophene rings is 1. The molecule has 1 unspecified atom stereocenters. The van der Waals surface area contributed by atoms with Gasteiger partial charge in [-0.1, -0.05) is 48.5 Å². The maximum Gasteiger partial charge on any atom is 0.341 e. The van der Waals surface area contributed by atoms with Gasteiger partial charge in [0.2, 0.25) is 0 Å². The van der Waals surface area contributed by atoms with Gasteiger partial charge in [-0.2, -0.15) is 5.10 Å². The molecule has 162 valence electrons. The molecule has 4 rings (SSSR count). The fourth-order valence-corrected chi connectivity index (χ4v) is 3.97. The van der Waals surface area contributed by atoms with Crippen LogP contribution >= 0.6 is 11.3 Å². The van der Waals surface area contributed by atoms with Gasteiger partial charge in [0, 0.05) is 11.1 Å². The van der Waals surface area contributed by atoms with Gasteiger partial charge < -0.3 is 10.1 Å². The van der Waals surface area contributed by atoms with Crippen LogP contribution in [0.25, 0.3) is 0 Å². The third-order valence-electron chi connectivity index (χ3n) is 4.73. The molecule has 1 amide bonds. The van der Waals surface area contributed by atoms with Crippen molar-refractivity contribution in [3.05, 3.63) is 112 Å². The summed E-state index contributed by atoms with van der Waals surface area (Å²) in [5.41, 5.74) is 2.05. The van der Waals surface area contributed by atoms with Gasteiger partial charge in [-0.05, 0) is 34.7 Å². The Morgan fingerprint density at radius 2 is 1.84 bits per heavy atom. The molecule has 0 bridgehead atoms. The highest BCUT2D eigenvalue weighted by molar-refractivity contribution is 7.10. The average molecular weight is 450 g/mol. The van der Waals surface area contributed by atoms with Crippen molar-refractivity contribution in [1.82, 2.24) is 15.1 Å². The second-order valence-corrected chi connectivity index (χ2v) is 8.04. The molecule has 2 heterocycles. The number of hydrogen-bond acceptors (Lipinski definition) is 5. The minimum Gasteiger partial charge on any atom is -0.452 e. The second-order valence-electron chi connectivity index (χ2n) is 7.06. The van der Waals surface area contributed by atoms with Gasteiger partial charge >= 0.3 is 5.97 Å². The zero-order valence-electron chi connectivity index (χ0n) is 17.0. The van der Waals surface area contributed by atoms with Crippen molar-refractivity contribution in [2.45, 2.75) is 12.6 Å². The van der Waals surface area contributed by atoms with Crippen LogP contribution in [0.1, 0.15) is 32.4 Å². The Morgan fingerprint density at radius 1 is 1.06 bits per heavy atom. The summed E-state index contributed by atoms with van der Waals surface area (Å²) < 4.78 is 20.1. The molecule has 2 aromatic carbocycles. The van der Waals surface area contributed by atoms with Crippen molar-refractivity contribution in [3.8, 4) is 0 Å². The molecule has 0 spiro atoms. The summed E-state index contributed by atoms with van der Waals surface area (Å²) in [6, 6.07) is 18.9. The number of benzene rings is 2. The number of esters is 1. The Labute approximate surface area is 188 Å². The number of hydrogen-bond donors (Lipinski definition) is 1. The van der Waals surface area contributed by atoms with E-state index in [1.807, 2.05) is 47.8 Å². The normalized spacial score (nSPS) is 11.7. The molecule has 2 aromatic heterocycles. The first-order chi connectivity index (χ1) is 15.6. The summed E-state index contributed by atoms with van der Waals surface area (Å²) in [4.78, 5) is 25.7. The van der Waals surface area contributed by atoms with Crippen LogP contribution in [0.15, 0.2) is 84.5 Å². The van der Waals surface area contributed by atoms with Gasteiger partial charge in [-0.3, -0.25) is 9.48 Å². The summed E-state index contributed by atoms with van der Waals surface area (Å²) in [7, 11) is 0. The maximum absolute atomic E-state index is 13.3. The number of carbonyl (C=O) groups excluding carboxylic acids is 2. The minimum absolute atomic E-state index is 0.266. The third-order valence-corrected chi connectivity index (χ3v) is 5.66. The predicted molar refractivity (Wildman–Crippen MR) is 119 cm³/mol. The Bertz CT molecular complexity index is 1170. The molecular formula is C24H20FN3O3S. The monoisotopic (exact) mass is 449 g/mol. The lowest BCUT2D eigenvalue weighted by Gasteiger charge is -2.18. The van der Waals surface area contributed by atoms with E-state index < -0.39 is 24.5 Å². The first kappa shape index (κ1) is 21.5. The number of nitrogens with zero attached hydrogens (tertiary/aromatic N) is 2. The van der Waals surface area contributed by atoms with Crippen LogP contribution in [0.2, 0.25) is 0 Å². The lowest BCUT2D eigenvalue weighted by atomic mass is 10.1. The van der Waals surface area contributed by atoms with Crippen molar-refractivity contribution in [2.75, 3.05) is 6.61 Å². The molecule has 0 aliphatic heterocycles. The van der Waals surface area contributed by atoms with Crippen LogP contribution < -0.4 is 5.32 Å². The number of aromatic nitrogens is 2. The zero-order chi connectivity index (χ0) is 22.3. The molecule has 6 nitrogen and oxygen atoms in total. The lowest BCUT2D eigenvalue weighted by molar-refractivity contribution is -0.124. The van der Waals surface area contributed by atoms with E-state index in [4.69, 9.17) is 4.74 Å². The van der Waals surface area contributed by atoms with E-state index in [2.05, 4.69) is 10.4 Å². The first-order valence-corrected chi connectivity index (χ1v) is 10.8. The highest BCUT2D eigenvalue weighted by Gasteiger charge is 2.19. The molecule has 8 heteroatoms. The predicted octanol–water partition coefficient (Wildman–Crippen LogP) is 4.19. The molecule has 32 heavy (non-hydrogen) atoms. The Balaban J connectivity index is 1.35. The van der Waals surface area contributed by atoms with Crippen LogP contribution in [0.3, 0.4) is 0 Å². The minimum atomic E-state index is -0.631. The molecule has 0 fully saturated rings. The number of ether oxygens (including phenoxy) is 1. The molecule has 0 aliphatic rings. The van der Waals surface area contributed by atoms with E-state index >= 15 is 0 Å². The van der Waals surface area contributed by atoms with E-state index in [1.165, 1.54) is 29.7 Å². The van der Waals surface area contributed by atoms with Gasteiger partial charge in [0.15, 0.2) is 6.61 Å². The maximum atomic E-state index is 13.3. The second kappa shape index (κ2) is 10.0. The van der Waals surface area contributed by atoms with E-state index in [0.29, 0.717) is 6.54 Å². The lowest BCUT2D eigenvalue weighted by Crippen LogP contribution is -2.32. The fourth-order valence-electron chi connectivity index (χ4n) is 3.17. The summed E-state index contributed by atoms with van der Waals surface area (Å²) in [6.45, 7) is 0.0839. The van der Waals surface area contributed by atoms with E-state index in [1.54, 1.807) is 23.0 Å². The number of carbonyl (C=O) groups is 2. The van der Waals surface area contributed by atoms with Crippen molar-refractivity contribution in [3.63, 3.8) is 0 Å². The van der Waals surface area contributed by atoms with Crippen LogP contribution in [0, 0.1) is 5.82 Å². The smallest absolute Gasteiger partial charge is 0.341 e. The van der Waals surface area contributed by atoms with Gasteiger partial charge in [0.25, 0.3) is 5.91 Å². The van der Waals surface area contributed by atoms with Crippen LogP contribution in [-0.4, -0.2) is 28.3 Å². The van der Waals surface area contributed by atoms with Crippen LogP contribution in [-0.2, 0) is 16.1 Å². The quantitative estimate of drug-likeness (QED) is 0.409. The largest absolute Gasteiger partial charge is 0.452 e.